The molecule has 1 aromatic carbocycles. The van der Waals surface area contributed by atoms with Crippen molar-refractivity contribution in [2.75, 3.05) is 29.2 Å². The number of benzene rings is 1. The first-order valence-electron chi connectivity index (χ1n) is 6.37. The molecule has 0 aromatic heterocycles. The Hall–Kier alpha value is -1.14. The highest BCUT2D eigenvalue weighted by molar-refractivity contribution is 8.07. The van der Waals surface area contributed by atoms with Gasteiger partial charge in [-0.2, -0.15) is 11.8 Å². The number of thioether (sulfide) groups is 2. The van der Waals surface area contributed by atoms with Gasteiger partial charge in [0.1, 0.15) is 5.25 Å². The molecule has 1 heterocycles. The van der Waals surface area contributed by atoms with Gasteiger partial charge in [0.2, 0.25) is 0 Å². The number of hydrogen-bond acceptors (Lipinski definition) is 5. The average Bonchev–Trinajstić information content (AvgIpc) is 2.48. The second-order valence-corrected chi connectivity index (χ2v) is 6.92. The van der Waals surface area contributed by atoms with Gasteiger partial charge < -0.3 is 10.1 Å². The van der Waals surface area contributed by atoms with E-state index in [2.05, 4.69) is 5.32 Å². The third-order valence-electron chi connectivity index (χ3n) is 2.76. The topological polar surface area (TPSA) is 55.4 Å². The molecule has 1 saturated heterocycles. The molecule has 1 amide bonds. The zero-order valence-corrected chi connectivity index (χ0v) is 12.9. The first-order valence-corrected chi connectivity index (χ1v) is 8.58. The predicted molar refractivity (Wildman–Crippen MR) is 84.3 cm³/mol. The standard InChI is InChI=1S/C14H17NO3S2/c1-10-2-4-11(5-3-10)15-13(16)8-18-14(17)12-9-19-6-7-20-12/h2-5,12H,6-9H2,1H3,(H,15,16)/t12-/m0/s1. The van der Waals surface area contributed by atoms with Crippen molar-refractivity contribution in [1.82, 2.24) is 0 Å². The van der Waals surface area contributed by atoms with Gasteiger partial charge in [-0.3, -0.25) is 9.59 Å². The number of carbonyl (C=O) groups is 2. The summed E-state index contributed by atoms with van der Waals surface area (Å²) in [4.78, 5) is 23.4. The average molecular weight is 311 g/mol. The van der Waals surface area contributed by atoms with Crippen molar-refractivity contribution < 1.29 is 14.3 Å². The van der Waals surface area contributed by atoms with Crippen LogP contribution in [0.3, 0.4) is 0 Å². The number of amides is 1. The van der Waals surface area contributed by atoms with E-state index in [-0.39, 0.29) is 23.7 Å². The minimum atomic E-state index is -0.310. The molecule has 1 aromatic rings. The smallest absolute Gasteiger partial charge is 0.320 e. The van der Waals surface area contributed by atoms with Crippen LogP contribution in [0.25, 0.3) is 0 Å². The van der Waals surface area contributed by atoms with Crippen LogP contribution in [-0.4, -0.2) is 41.0 Å². The molecule has 0 unspecified atom stereocenters. The van der Waals surface area contributed by atoms with Crippen molar-refractivity contribution >= 4 is 41.1 Å². The van der Waals surface area contributed by atoms with E-state index in [0.717, 1.165) is 22.8 Å². The molecule has 1 fully saturated rings. The van der Waals surface area contributed by atoms with Crippen LogP contribution in [-0.2, 0) is 14.3 Å². The molecule has 6 heteroatoms. The van der Waals surface area contributed by atoms with Gasteiger partial charge in [0.25, 0.3) is 5.91 Å². The van der Waals surface area contributed by atoms with Crippen LogP contribution in [0.5, 0.6) is 0 Å². The van der Waals surface area contributed by atoms with Gasteiger partial charge >= 0.3 is 5.97 Å². The number of anilines is 1. The van der Waals surface area contributed by atoms with E-state index in [1.165, 1.54) is 0 Å². The fourth-order valence-corrected chi connectivity index (χ4v) is 4.22. The van der Waals surface area contributed by atoms with E-state index in [1.807, 2.05) is 31.2 Å². The van der Waals surface area contributed by atoms with Gasteiger partial charge in [0.05, 0.1) is 0 Å². The Morgan fingerprint density at radius 2 is 2.05 bits per heavy atom. The molecule has 108 valence electrons. The highest BCUT2D eigenvalue weighted by atomic mass is 32.2. The van der Waals surface area contributed by atoms with Crippen molar-refractivity contribution in [3.8, 4) is 0 Å². The Bertz CT molecular complexity index is 470. The lowest BCUT2D eigenvalue weighted by atomic mass is 10.2. The number of esters is 1. The van der Waals surface area contributed by atoms with Crippen LogP contribution in [0.2, 0.25) is 0 Å². The molecule has 1 aliphatic rings. The maximum atomic E-state index is 11.8. The van der Waals surface area contributed by atoms with E-state index < -0.39 is 0 Å². The Kier molecular flexibility index (Phi) is 5.79. The second kappa shape index (κ2) is 7.59. The summed E-state index contributed by atoms with van der Waals surface area (Å²) in [6.45, 7) is 1.75. The maximum absolute atomic E-state index is 11.8. The zero-order chi connectivity index (χ0) is 14.4. The molecule has 2 rings (SSSR count). The van der Waals surface area contributed by atoms with Crippen molar-refractivity contribution in [2.24, 2.45) is 0 Å². The molecule has 1 aliphatic heterocycles. The monoisotopic (exact) mass is 311 g/mol. The minimum absolute atomic E-state index is 0.138. The molecule has 0 aliphatic carbocycles. The maximum Gasteiger partial charge on any atom is 0.320 e. The summed E-state index contributed by atoms with van der Waals surface area (Å²) >= 11 is 3.35. The molecule has 1 atom stereocenters. The predicted octanol–water partition coefficient (Wildman–Crippen LogP) is 2.33. The van der Waals surface area contributed by atoms with Crippen molar-refractivity contribution in [2.45, 2.75) is 12.2 Å². The quantitative estimate of drug-likeness (QED) is 0.865. The lowest BCUT2D eigenvalue weighted by Gasteiger charge is -2.19. The van der Waals surface area contributed by atoms with E-state index in [4.69, 9.17) is 4.74 Å². The van der Waals surface area contributed by atoms with Crippen LogP contribution in [0.15, 0.2) is 24.3 Å². The highest BCUT2D eigenvalue weighted by Gasteiger charge is 2.24. The lowest BCUT2D eigenvalue weighted by Crippen LogP contribution is -2.29. The SMILES string of the molecule is Cc1ccc(NC(=O)COC(=O)[C@@H]2CSCCS2)cc1. The molecule has 0 bridgehead atoms. The van der Waals surface area contributed by atoms with Crippen LogP contribution in [0.4, 0.5) is 5.69 Å². The van der Waals surface area contributed by atoms with Crippen molar-refractivity contribution in [3.05, 3.63) is 29.8 Å². The van der Waals surface area contributed by atoms with Crippen LogP contribution >= 0.6 is 23.5 Å². The summed E-state index contributed by atoms with van der Waals surface area (Å²) in [7, 11) is 0. The third kappa shape index (κ3) is 4.76. The van der Waals surface area contributed by atoms with E-state index in [1.54, 1.807) is 23.5 Å². The summed E-state index contributed by atoms with van der Waals surface area (Å²) in [6.07, 6.45) is 0. The van der Waals surface area contributed by atoms with Crippen LogP contribution < -0.4 is 5.32 Å². The molecule has 0 radical (unpaired) electrons. The number of rotatable bonds is 4. The number of ether oxygens (including phenoxy) is 1. The van der Waals surface area contributed by atoms with Gasteiger partial charge in [-0.05, 0) is 19.1 Å². The van der Waals surface area contributed by atoms with Gasteiger partial charge in [0, 0.05) is 22.9 Å². The van der Waals surface area contributed by atoms with Crippen molar-refractivity contribution in [3.63, 3.8) is 0 Å². The fourth-order valence-electron chi connectivity index (χ4n) is 1.69. The summed E-state index contributed by atoms with van der Waals surface area (Å²) in [5.74, 6) is 2.20. The molecular weight excluding hydrogens is 294 g/mol. The molecule has 0 spiro atoms. The van der Waals surface area contributed by atoms with E-state index >= 15 is 0 Å². The molecule has 0 saturated carbocycles. The normalized spacial score (nSPS) is 18.4. The first-order chi connectivity index (χ1) is 9.65. The summed E-state index contributed by atoms with van der Waals surface area (Å²) in [5.41, 5.74) is 1.83. The number of aryl methyl sites for hydroxylation is 1. The molecule has 4 nitrogen and oxygen atoms in total. The first kappa shape index (κ1) is 15.3. The third-order valence-corrected chi connectivity index (χ3v) is 5.49. The van der Waals surface area contributed by atoms with Crippen molar-refractivity contribution in [1.29, 1.82) is 0 Å². The summed E-state index contributed by atoms with van der Waals surface area (Å²) in [5, 5.41) is 2.56. The van der Waals surface area contributed by atoms with Gasteiger partial charge in [-0.1, -0.05) is 17.7 Å². The molecule has 20 heavy (non-hydrogen) atoms. The molecule has 1 N–H and O–H groups in total. The second-order valence-electron chi connectivity index (χ2n) is 4.46. The van der Waals surface area contributed by atoms with Gasteiger partial charge in [-0.25, -0.2) is 0 Å². The summed E-state index contributed by atoms with van der Waals surface area (Å²) < 4.78 is 5.05. The van der Waals surface area contributed by atoms with Crippen LogP contribution in [0.1, 0.15) is 5.56 Å². The van der Waals surface area contributed by atoms with E-state index in [0.29, 0.717) is 5.69 Å². The van der Waals surface area contributed by atoms with Gasteiger partial charge in [-0.15, -0.1) is 11.8 Å². The van der Waals surface area contributed by atoms with Gasteiger partial charge in [0.15, 0.2) is 6.61 Å². The number of nitrogens with one attached hydrogen (secondary N) is 1. The Labute approximate surface area is 127 Å². The largest absolute Gasteiger partial charge is 0.455 e. The lowest BCUT2D eigenvalue weighted by molar-refractivity contribution is -0.146. The fraction of sp³-hybridized carbons (Fsp3) is 0.429. The molecular formula is C14H17NO3S2. The Morgan fingerprint density at radius 3 is 2.70 bits per heavy atom. The summed E-state index contributed by atoms with van der Waals surface area (Å²) in [6, 6.07) is 7.47. The number of hydrogen-bond donors (Lipinski definition) is 1. The minimum Gasteiger partial charge on any atom is -0.455 e. The number of carbonyl (C=O) groups excluding carboxylic acids is 2. The zero-order valence-electron chi connectivity index (χ0n) is 11.3. The Balaban J connectivity index is 1.74. The van der Waals surface area contributed by atoms with E-state index in [9.17, 15) is 9.59 Å². The van der Waals surface area contributed by atoms with Crippen LogP contribution in [0, 0.1) is 6.92 Å². The Morgan fingerprint density at radius 1 is 1.30 bits per heavy atom. The highest BCUT2D eigenvalue weighted by Crippen LogP contribution is 2.24.